The molecule has 0 spiro atoms. The number of rotatable bonds is 0. The Morgan fingerprint density at radius 3 is 0.00763 bits per heavy atom. The van der Waals surface area contributed by atoms with Gasteiger partial charge in [0.2, 0.25) is 0 Å². The van der Waals surface area contributed by atoms with Crippen molar-refractivity contribution in [3.63, 3.8) is 0 Å². The monoisotopic (exact) mass is 31200 g/mol. The van der Waals surface area contributed by atoms with Crippen molar-refractivity contribution in [1.29, 1.82) is 0 Å². The fourth-order valence-electron chi connectivity index (χ4n) is 0. The standard InChI is InChI=1S/131U. The van der Waals surface area contributed by atoms with Crippen LogP contribution in [0.5, 0.6) is 0 Å². The molecule has 0 heterocycles. The molecule has 0 rings (SSSR count). The molecule has 524 valence electrons. The van der Waals surface area contributed by atoms with Crippen molar-refractivity contribution in [1.82, 2.24) is 0 Å². The molecule has 0 aromatic carbocycles. The van der Waals surface area contributed by atoms with E-state index < -0.39 is 0 Å². The van der Waals surface area contributed by atoms with Crippen molar-refractivity contribution in [2.45, 2.75) is 0 Å². The predicted molar refractivity (Wildman–Crippen MR) is 0 cm³/mol. The van der Waals surface area contributed by atoms with Gasteiger partial charge in [-0.3, -0.25) is 0 Å². The molecule has 0 radical (unpaired) electrons. The van der Waals surface area contributed by atoms with Crippen LogP contribution in [0, 0.1) is 4080 Å². The third-order valence-electron chi connectivity index (χ3n) is 0. The summed E-state index contributed by atoms with van der Waals surface area (Å²) in [7, 11) is 0. The van der Waals surface area contributed by atoms with Crippen molar-refractivity contribution in [2.24, 2.45) is 0 Å². The zero-order valence-electron chi connectivity index (χ0n) is 65.5. The van der Waals surface area contributed by atoms with Gasteiger partial charge in [-0.15, -0.1) is 0 Å². The summed E-state index contributed by atoms with van der Waals surface area (Å²) in [6, 6.07) is 0. The van der Waals surface area contributed by atoms with E-state index in [0.717, 1.165) is 0 Å². The molecule has 0 saturated carbocycles. The minimum atomic E-state index is 0. The van der Waals surface area contributed by atoms with Crippen LogP contribution in [0.3, 0.4) is 0 Å². The van der Waals surface area contributed by atoms with Crippen molar-refractivity contribution in [2.75, 3.05) is 0 Å². The molecule has 0 bridgehead atoms. The van der Waals surface area contributed by atoms with Crippen LogP contribution < -0.4 is 0 Å². The molecule has 0 N–H and O–H groups in total. The second kappa shape index (κ2) is 1000. The van der Waals surface area contributed by atoms with Crippen molar-refractivity contribution < 1.29 is 4080 Å². The largest absolute Gasteiger partial charge is 0 e. The summed E-state index contributed by atoms with van der Waals surface area (Å²) in [4.78, 5) is 0. The Morgan fingerprint density at radius 2 is 0.00763 bits per heavy atom. The molecule has 0 aliphatic heterocycles. The van der Waals surface area contributed by atoms with E-state index in [0.29, 0.717) is 0 Å². The van der Waals surface area contributed by atoms with Gasteiger partial charge in [0.25, 0.3) is 0 Å². The summed E-state index contributed by atoms with van der Waals surface area (Å²) in [6.45, 7) is 0. The van der Waals surface area contributed by atoms with E-state index in [4.69, 9.17) is 0 Å². The summed E-state index contributed by atoms with van der Waals surface area (Å²) in [5.41, 5.74) is 0. The van der Waals surface area contributed by atoms with E-state index >= 15 is 0 Å². The van der Waals surface area contributed by atoms with E-state index in [-0.39, 0.29) is 4080 Å². The molecule has 0 nitrogen and oxygen atoms in total. The van der Waals surface area contributed by atoms with E-state index in [1.807, 2.05) is 0 Å². The van der Waals surface area contributed by atoms with E-state index in [1.54, 1.807) is 0 Å². The molecule has 0 aliphatic carbocycles. The summed E-state index contributed by atoms with van der Waals surface area (Å²) in [5.74, 6) is 0. The zero-order valence-corrected chi connectivity index (χ0v) is 611. The average Bonchev–Trinajstić information content (AvgIpc) is 0. The zero-order chi connectivity index (χ0) is 0. The maximum Gasteiger partial charge on any atom is 0 e. The fourth-order valence-corrected chi connectivity index (χ4v) is 0. The van der Waals surface area contributed by atoms with Crippen LogP contribution in [0.4, 0.5) is 0 Å². The first-order valence-corrected chi connectivity index (χ1v) is 0. The number of hydrogen-bond acceptors (Lipinski definition) is 0. The van der Waals surface area contributed by atoms with Crippen LogP contribution in [0.15, 0.2) is 0 Å². The van der Waals surface area contributed by atoms with Crippen LogP contribution in [0.2, 0.25) is 0 Å². The van der Waals surface area contributed by atoms with Gasteiger partial charge in [0.15, 0.2) is 0 Å². The van der Waals surface area contributed by atoms with Crippen LogP contribution in [0.1, 0.15) is 0 Å². The van der Waals surface area contributed by atoms with E-state index in [2.05, 4.69) is 0 Å². The smallest absolute Gasteiger partial charge is 0 e. The Morgan fingerprint density at radius 1 is 0.00763 bits per heavy atom. The molecule has 0 aliphatic rings. The molecule has 0 atom stereocenters. The van der Waals surface area contributed by atoms with Gasteiger partial charge in [0.1, 0.15) is 0 Å². The van der Waals surface area contributed by atoms with Crippen molar-refractivity contribution in [3.05, 3.63) is 0 Å². The second-order valence-electron chi connectivity index (χ2n) is 0. The van der Waals surface area contributed by atoms with Gasteiger partial charge in [0.05, 0.1) is 0 Å². The molecule has 131 heteroatoms. The average molecular weight is 31200 g/mol. The summed E-state index contributed by atoms with van der Waals surface area (Å²) < 4.78 is 0. The Bertz CT molecular complexity index is 0. The van der Waals surface area contributed by atoms with Gasteiger partial charge in [-0.2, -0.15) is 0 Å². The van der Waals surface area contributed by atoms with Gasteiger partial charge in [-0.25, -0.2) is 0 Å². The van der Waals surface area contributed by atoms with Gasteiger partial charge >= 0.3 is 0 Å². The topological polar surface area (TPSA) is 0 Å². The predicted octanol–water partition coefficient (Wildman–Crippen LogP) is 0. The molecule has 131 heavy (non-hydrogen) atoms. The normalized spacial score (nSPS) is 0. The van der Waals surface area contributed by atoms with Crippen LogP contribution in [0.25, 0.3) is 0 Å². The minimum absolute atomic E-state index is 0. The van der Waals surface area contributed by atoms with Gasteiger partial charge in [-0.05, 0) is 0 Å². The Hall–Kier alpha value is 138. The maximum atomic E-state index is 0. The molecule has 0 aromatic rings. The SMILES string of the molecule is [U].[U].[U].[U].[U].[U].[U].[U].[U].[U].[U].[U].[U].[U].[U].[U].[U].[U].[U].[U].[U].[U].[U].[U].[U].[U].[U].[U].[U].[U].[U].[U].[U].[U].[U].[U].[U].[U].[U].[U].[U].[U].[U].[U].[U].[U].[U].[U].[U].[U].[U].[U].[U].[U].[U].[U].[U].[U].[U].[U].[U].[U].[U].[U].[U].[U].[U].[U].[U].[U].[U].[U].[U].[U].[U].[U].[U].[U].[U].[U].[U].[U].[U].[U].[U].[U].[U].[U].[U].[U].[U].[U].[U].[U].[U].[U].[U].[U].[U].[U].[U].[U].[U].[U].[U].[U].[U].[U].[U].[U].[U].[U].[U].[U].[U].[U].[U].[U].[U].[U].[U].[U].[U].[U].[U].[U].[U].[U].[U].[U].[U]. The summed E-state index contributed by atoms with van der Waals surface area (Å²) >= 11 is 0. The Balaban J connectivity index is 0. The van der Waals surface area contributed by atoms with Crippen molar-refractivity contribution >= 4 is 0 Å². The minimum Gasteiger partial charge on any atom is 0 e. The third kappa shape index (κ3) is 996. The quantitative estimate of drug-likeness (QED) is 0.321. The first-order valence-electron chi connectivity index (χ1n) is 0. The van der Waals surface area contributed by atoms with Crippen LogP contribution in [-0.2, 0) is 0 Å². The molecule has 0 amide bonds. The molecule has 0 unspecified atom stereocenters. The maximum absolute atomic E-state index is 0. The fraction of sp³-hybridized carbons (Fsp3) is 0. The molecular weight excluding hydrogens is 31200 g/mol. The summed E-state index contributed by atoms with van der Waals surface area (Å²) in [6.07, 6.45) is 0. The van der Waals surface area contributed by atoms with E-state index in [1.165, 1.54) is 0 Å². The Labute approximate surface area is 3920 Å². The van der Waals surface area contributed by atoms with Gasteiger partial charge < -0.3 is 0 Å². The van der Waals surface area contributed by atoms with Crippen molar-refractivity contribution in [3.8, 4) is 0 Å². The third-order valence-corrected chi connectivity index (χ3v) is 0. The van der Waals surface area contributed by atoms with Crippen LogP contribution >= 0.6 is 0 Å². The molecule has 0 aromatic heterocycles. The molecule has 0 saturated heterocycles. The molecular formula is U131. The second-order valence-corrected chi connectivity index (χ2v) is 0. The van der Waals surface area contributed by atoms with Gasteiger partial charge in [-0.1, -0.05) is 0 Å². The Kier molecular flexibility index (Phi) is 7780. The van der Waals surface area contributed by atoms with E-state index in [9.17, 15) is 0 Å². The molecule has 0 fully saturated rings. The number of hydrogen-bond donors (Lipinski definition) is 0. The van der Waals surface area contributed by atoms with Crippen LogP contribution in [-0.4, -0.2) is 0 Å². The summed E-state index contributed by atoms with van der Waals surface area (Å²) in [5, 5.41) is 0. The first-order chi connectivity index (χ1) is 0. The first kappa shape index (κ1) is 1020. The van der Waals surface area contributed by atoms with Gasteiger partial charge in [0, 0.05) is 4080 Å².